The van der Waals surface area contributed by atoms with Crippen molar-refractivity contribution in [3.63, 3.8) is 0 Å². The molecule has 1 heterocycles. The van der Waals surface area contributed by atoms with Crippen molar-refractivity contribution >= 4 is 5.97 Å². The molecule has 2 aromatic rings. The van der Waals surface area contributed by atoms with Crippen molar-refractivity contribution in [1.82, 2.24) is 9.97 Å². The van der Waals surface area contributed by atoms with Gasteiger partial charge in [0.1, 0.15) is 0 Å². The van der Waals surface area contributed by atoms with Crippen LogP contribution in [0, 0.1) is 6.92 Å². The van der Waals surface area contributed by atoms with Crippen LogP contribution in [-0.2, 0) is 0 Å². The molecular weight excluding hydrogens is 192 g/mol. The zero-order valence-corrected chi connectivity index (χ0v) is 8.34. The van der Waals surface area contributed by atoms with Gasteiger partial charge in [-0.05, 0) is 19.1 Å². The second-order valence-electron chi connectivity index (χ2n) is 2.94. The summed E-state index contributed by atoms with van der Waals surface area (Å²) in [7, 11) is 0. The first-order valence-corrected chi connectivity index (χ1v) is 4.43. The maximum Gasteiger partial charge on any atom is 0.335 e. The van der Waals surface area contributed by atoms with Crippen molar-refractivity contribution in [3.8, 4) is 0 Å². The van der Waals surface area contributed by atoms with E-state index in [1.807, 2.05) is 13.0 Å². The Morgan fingerprint density at radius 1 is 1.47 bits per heavy atom. The van der Waals surface area contributed by atoms with Crippen molar-refractivity contribution in [2.45, 2.75) is 6.92 Å². The molecule has 2 N–H and O–H groups in total. The molecule has 0 bridgehead atoms. The van der Waals surface area contributed by atoms with Crippen LogP contribution in [0.2, 0.25) is 0 Å². The Bertz CT molecular complexity index is 393. The van der Waals surface area contributed by atoms with E-state index in [-0.39, 0.29) is 0 Å². The van der Waals surface area contributed by atoms with E-state index < -0.39 is 5.97 Å². The van der Waals surface area contributed by atoms with E-state index in [0.29, 0.717) is 5.56 Å². The van der Waals surface area contributed by atoms with Crippen molar-refractivity contribution in [2.24, 2.45) is 0 Å². The highest BCUT2D eigenvalue weighted by atomic mass is 16.4. The number of aromatic nitrogens is 2. The number of rotatable bonds is 1. The molecule has 0 radical (unpaired) electrons. The molecule has 4 heteroatoms. The average Bonchev–Trinajstić information content (AvgIpc) is 2.75. The summed E-state index contributed by atoms with van der Waals surface area (Å²) in [6.07, 6.45) is 5.08. The Morgan fingerprint density at radius 3 is 2.60 bits per heavy atom. The lowest BCUT2D eigenvalue weighted by Gasteiger charge is -1.93. The molecule has 78 valence electrons. The van der Waals surface area contributed by atoms with E-state index in [2.05, 4.69) is 9.97 Å². The molecule has 0 saturated heterocycles. The summed E-state index contributed by atoms with van der Waals surface area (Å²) in [5.74, 6) is -0.872. The smallest absolute Gasteiger partial charge is 0.335 e. The molecule has 0 atom stereocenters. The number of hydrogen-bond acceptors (Lipinski definition) is 2. The third-order valence-corrected chi connectivity index (χ3v) is 1.67. The summed E-state index contributed by atoms with van der Waals surface area (Å²) in [6.45, 7) is 1.87. The van der Waals surface area contributed by atoms with E-state index in [0.717, 1.165) is 5.56 Å². The number of aromatic amines is 1. The molecule has 1 aromatic carbocycles. The van der Waals surface area contributed by atoms with E-state index in [9.17, 15) is 4.79 Å². The van der Waals surface area contributed by atoms with Crippen LogP contribution in [0.3, 0.4) is 0 Å². The van der Waals surface area contributed by atoms with Gasteiger partial charge in [0.05, 0.1) is 11.9 Å². The van der Waals surface area contributed by atoms with Crippen LogP contribution in [0.25, 0.3) is 0 Å². The Kier molecular flexibility index (Phi) is 4.09. The van der Waals surface area contributed by atoms with Crippen LogP contribution in [0.1, 0.15) is 15.9 Å². The lowest BCUT2D eigenvalue weighted by molar-refractivity contribution is 0.0697. The summed E-state index contributed by atoms with van der Waals surface area (Å²) in [4.78, 5) is 16.8. The first-order chi connectivity index (χ1) is 7.20. The van der Waals surface area contributed by atoms with Crippen molar-refractivity contribution in [2.75, 3.05) is 0 Å². The normalized spacial score (nSPS) is 8.87. The highest BCUT2D eigenvalue weighted by Gasteiger charge is 1.99. The number of imidazole rings is 1. The van der Waals surface area contributed by atoms with Crippen molar-refractivity contribution in [3.05, 3.63) is 54.1 Å². The molecule has 0 fully saturated rings. The fraction of sp³-hybridized carbons (Fsp3) is 0.0909. The number of carboxylic acids is 1. The number of H-pyrrole nitrogens is 1. The second kappa shape index (κ2) is 5.59. The number of benzene rings is 1. The van der Waals surface area contributed by atoms with Crippen LogP contribution < -0.4 is 0 Å². The molecule has 0 unspecified atom stereocenters. The predicted octanol–water partition coefficient (Wildman–Crippen LogP) is 2.10. The lowest BCUT2D eigenvalue weighted by Crippen LogP contribution is -1.95. The molecule has 0 amide bonds. The summed E-state index contributed by atoms with van der Waals surface area (Å²) >= 11 is 0. The molecule has 0 aliphatic carbocycles. The van der Waals surface area contributed by atoms with E-state index >= 15 is 0 Å². The van der Waals surface area contributed by atoms with Gasteiger partial charge >= 0.3 is 5.97 Å². The average molecular weight is 204 g/mol. The zero-order valence-electron chi connectivity index (χ0n) is 8.34. The highest BCUT2D eigenvalue weighted by molar-refractivity contribution is 5.87. The van der Waals surface area contributed by atoms with Gasteiger partial charge in [0.15, 0.2) is 0 Å². The number of aromatic carboxylic acids is 1. The second-order valence-corrected chi connectivity index (χ2v) is 2.94. The summed E-state index contributed by atoms with van der Waals surface area (Å²) in [5, 5.41) is 8.51. The maximum absolute atomic E-state index is 10.4. The quantitative estimate of drug-likeness (QED) is 0.747. The van der Waals surface area contributed by atoms with Crippen LogP contribution in [0.5, 0.6) is 0 Å². The molecule has 0 spiro atoms. The minimum Gasteiger partial charge on any atom is -0.478 e. The molecule has 15 heavy (non-hydrogen) atoms. The standard InChI is InChI=1S/C8H8O2.C3H4N2/c1-6-3-2-4-7(5-6)8(9)10;1-2-5-3-4-1/h2-5H,1H3,(H,9,10);1-3H,(H,4,5). The topological polar surface area (TPSA) is 66.0 Å². The first kappa shape index (κ1) is 11.0. The Hall–Kier alpha value is -2.10. The van der Waals surface area contributed by atoms with Gasteiger partial charge in [-0.1, -0.05) is 17.7 Å². The van der Waals surface area contributed by atoms with Crippen LogP contribution in [-0.4, -0.2) is 21.0 Å². The Labute approximate surface area is 87.6 Å². The number of nitrogens with zero attached hydrogens (tertiary/aromatic N) is 1. The minimum absolute atomic E-state index is 0.347. The number of aryl methyl sites for hydroxylation is 1. The summed E-state index contributed by atoms with van der Waals surface area (Å²) in [5.41, 5.74) is 1.32. The molecule has 2 rings (SSSR count). The molecular formula is C11H12N2O2. The molecule has 1 aromatic heterocycles. The third kappa shape index (κ3) is 4.08. The van der Waals surface area contributed by atoms with Gasteiger partial charge in [-0.15, -0.1) is 0 Å². The lowest BCUT2D eigenvalue weighted by atomic mass is 10.1. The number of hydrogen-bond donors (Lipinski definition) is 2. The molecule has 0 aliphatic heterocycles. The van der Waals surface area contributed by atoms with E-state index in [1.165, 1.54) is 0 Å². The predicted molar refractivity (Wildman–Crippen MR) is 56.7 cm³/mol. The Balaban J connectivity index is 0.000000187. The monoisotopic (exact) mass is 204 g/mol. The molecule has 0 aliphatic rings. The van der Waals surface area contributed by atoms with Gasteiger partial charge in [0.2, 0.25) is 0 Å². The number of carbonyl (C=O) groups is 1. The van der Waals surface area contributed by atoms with Crippen LogP contribution >= 0.6 is 0 Å². The summed E-state index contributed by atoms with van der Waals surface area (Å²) < 4.78 is 0. The van der Waals surface area contributed by atoms with Gasteiger partial charge in [0, 0.05) is 12.4 Å². The zero-order chi connectivity index (χ0) is 11.1. The largest absolute Gasteiger partial charge is 0.478 e. The van der Waals surface area contributed by atoms with Gasteiger partial charge < -0.3 is 10.1 Å². The number of nitrogens with one attached hydrogen (secondary N) is 1. The molecule has 0 saturated carbocycles. The fourth-order valence-corrected chi connectivity index (χ4v) is 0.993. The Morgan fingerprint density at radius 2 is 2.27 bits per heavy atom. The van der Waals surface area contributed by atoms with E-state index in [1.54, 1.807) is 36.9 Å². The van der Waals surface area contributed by atoms with Gasteiger partial charge in [-0.2, -0.15) is 0 Å². The SMILES string of the molecule is Cc1cccc(C(=O)O)c1.c1c[nH]cn1. The minimum atomic E-state index is -0.872. The number of carboxylic acid groups (broad SMARTS) is 1. The fourth-order valence-electron chi connectivity index (χ4n) is 0.993. The van der Waals surface area contributed by atoms with Crippen LogP contribution in [0.4, 0.5) is 0 Å². The summed E-state index contributed by atoms with van der Waals surface area (Å²) in [6, 6.07) is 6.82. The maximum atomic E-state index is 10.4. The van der Waals surface area contributed by atoms with Gasteiger partial charge in [-0.25, -0.2) is 9.78 Å². The van der Waals surface area contributed by atoms with E-state index in [4.69, 9.17) is 5.11 Å². The third-order valence-electron chi connectivity index (χ3n) is 1.67. The van der Waals surface area contributed by atoms with Crippen molar-refractivity contribution in [1.29, 1.82) is 0 Å². The first-order valence-electron chi connectivity index (χ1n) is 4.43. The van der Waals surface area contributed by atoms with Crippen LogP contribution in [0.15, 0.2) is 43.0 Å². The molecule has 4 nitrogen and oxygen atoms in total. The van der Waals surface area contributed by atoms with Crippen molar-refractivity contribution < 1.29 is 9.90 Å². The van der Waals surface area contributed by atoms with Gasteiger partial charge in [-0.3, -0.25) is 0 Å². The highest BCUT2D eigenvalue weighted by Crippen LogP contribution is 2.02. The van der Waals surface area contributed by atoms with Gasteiger partial charge in [0.25, 0.3) is 0 Å².